The van der Waals surface area contributed by atoms with Crippen LogP contribution in [0.15, 0.2) is 6.20 Å². The molecule has 0 saturated heterocycles. The molecule has 18 heavy (non-hydrogen) atoms. The summed E-state index contributed by atoms with van der Waals surface area (Å²) in [6.45, 7) is 7.09. The molecule has 0 aliphatic heterocycles. The first kappa shape index (κ1) is 15.0. The summed E-state index contributed by atoms with van der Waals surface area (Å²) in [6, 6.07) is 0.330. The molecule has 1 N–H and O–H groups in total. The summed E-state index contributed by atoms with van der Waals surface area (Å²) < 4.78 is 4.99. The minimum absolute atomic E-state index is 0.330. The van der Waals surface area contributed by atoms with Gasteiger partial charge in [0.1, 0.15) is 5.02 Å². The van der Waals surface area contributed by atoms with Crippen molar-refractivity contribution in [1.29, 1.82) is 0 Å². The van der Waals surface area contributed by atoms with Gasteiger partial charge < -0.3 is 15.0 Å². The highest BCUT2D eigenvalue weighted by molar-refractivity contribution is 6.32. The van der Waals surface area contributed by atoms with Gasteiger partial charge in [0.2, 0.25) is 0 Å². The van der Waals surface area contributed by atoms with Crippen molar-refractivity contribution in [3.8, 4) is 6.01 Å². The zero-order chi connectivity index (χ0) is 13.5. The van der Waals surface area contributed by atoms with Gasteiger partial charge in [-0.15, -0.1) is 0 Å². The monoisotopic (exact) mass is 272 g/mol. The van der Waals surface area contributed by atoms with Crippen molar-refractivity contribution in [2.45, 2.75) is 13.8 Å². The maximum absolute atomic E-state index is 6.07. The average molecular weight is 273 g/mol. The smallest absolute Gasteiger partial charge is 0.318 e. The topological polar surface area (TPSA) is 50.3 Å². The minimum atomic E-state index is 0.330. The first-order chi connectivity index (χ1) is 8.54. The summed E-state index contributed by atoms with van der Waals surface area (Å²) in [7, 11) is 3.49. The number of hydrogen-bond donors (Lipinski definition) is 1. The lowest BCUT2D eigenvalue weighted by atomic mass is 10.2. The van der Waals surface area contributed by atoms with Crippen molar-refractivity contribution in [3.63, 3.8) is 0 Å². The van der Waals surface area contributed by atoms with Gasteiger partial charge in [-0.1, -0.05) is 25.4 Å². The minimum Gasteiger partial charge on any atom is -0.467 e. The normalized spacial score (nSPS) is 10.8. The summed E-state index contributed by atoms with van der Waals surface area (Å²) in [5.41, 5.74) is 0. The van der Waals surface area contributed by atoms with E-state index in [2.05, 4.69) is 29.1 Å². The second kappa shape index (κ2) is 7.38. The molecule has 5 nitrogen and oxygen atoms in total. The van der Waals surface area contributed by atoms with Crippen LogP contribution in [-0.2, 0) is 0 Å². The van der Waals surface area contributed by atoms with Crippen LogP contribution in [0.2, 0.25) is 5.02 Å². The maximum atomic E-state index is 6.07. The lowest BCUT2D eigenvalue weighted by Gasteiger charge is -2.20. The van der Waals surface area contributed by atoms with E-state index in [1.54, 1.807) is 6.20 Å². The van der Waals surface area contributed by atoms with Crippen LogP contribution in [0.25, 0.3) is 0 Å². The van der Waals surface area contributed by atoms with Crippen molar-refractivity contribution in [2.24, 2.45) is 5.92 Å². The lowest BCUT2D eigenvalue weighted by Crippen LogP contribution is -2.31. The molecule has 0 aliphatic carbocycles. The Morgan fingerprint density at radius 3 is 2.83 bits per heavy atom. The Balaban J connectivity index is 2.52. The second-order valence-electron chi connectivity index (χ2n) is 4.55. The average Bonchev–Trinajstić information content (AvgIpc) is 2.34. The Labute approximate surface area is 114 Å². The largest absolute Gasteiger partial charge is 0.467 e. The highest BCUT2D eigenvalue weighted by atomic mass is 35.5. The SMILES string of the molecule is COc1ncc(Cl)c(N(C)CCNCC(C)C)n1. The lowest BCUT2D eigenvalue weighted by molar-refractivity contribution is 0.380. The van der Waals surface area contributed by atoms with Gasteiger partial charge in [0, 0.05) is 20.1 Å². The number of halogens is 1. The number of likely N-dealkylation sites (N-methyl/N-ethyl adjacent to an activating group) is 1. The van der Waals surface area contributed by atoms with Gasteiger partial charge in [0.25, 0.3) is 0 Å². The van der Waals surface area contributed by atoms with Crippen LogP contribution in [0.4, 0.5) is 5.82 Å². The molecule has 0 radical (unpaired) electrons. The molecule has 1 aromatic rings. The molecule has 102 valence electrons. The summed E-state index contributed by atoms with van der Waals surface area (Å²) in [5.74, 6) is 1.34. The van der Waals surface area contributed by atoms with E-state index in [1.807, 2.05) is 11.9 Å². The number of ether oxygens (including phenoxy) is 1. The van der Waals surface area contributed by atoms with Crippen molar-refractivity contribution < 1.29 is 4.74 Å². The predicted molar refractivity (Wildman–Crippen MR) is 74.6 cm³/mol. The number of nitrogens with one attached hydrogen (secondary N) is 1. The highest BCUT2D eigenvalue weighted by Gasteiger charge is 2.10. The molecule has 0 spiro atoms. The van der Waals surface area contributed by atoms with E-state index < -0.39 is 0 Å². The quantitative estimate of drug-likeness (QED) is 0.768. The van der Waals surface area contributed by atoms with Gasteiger partial charge in [-0.25, -0.2) is 4.98 Å². The van der Waals surface area contributed by atoms with Gasteiger partial charge in [-0.3, -0.25) is 0 Å². The van der Waals surface area contributed by atoms with Crippen molar-refractivity contribution >= 4 is 17.4 Å². The maximum Gasteiger partial charge on any atom is 0.318 e. The predicted octanol–water partition coefficient (Wildman–Crippen LogP) is 1.82. The molecule has 0 unspecified atom stereocenters. The van der Waals surface area contributed by atoms with E-state index in [-0.39, 0.29) is 0 Å². The van der Waals surface area contributed by atoms with E-state index >= 15 is 0 Å². The summed E-state index contributed by atoms with van der Waals surface area (Å²) in [6.07, 6.45) is 1.56. The number of nitrogens with zero attached hydrogens (tertiary/aromatic N) is 3. The Morgan fingerprint density at radius 1 is 1.50 bits per heavy atom. The van der Waals surface area contributed by atoms with Crippen LogP contribution in [0.1, 0.15) is 13.8 Å². The van der Waals surface area contributed by atoms with Crippen LogP contribution in [-0.4, -0.2) is 43.8 Å². The fraction of sp³-hybridized carbons (Fsp3) is 0.667. The molecule has 0 aromatic carbocycles. The zero-order valence-corrected chi connectivity index (χ0v) is 12.2. The number of rotatable bonds is 7. The standard InChI is InChI=1S/C12H21ClN4O/c1-9(2)7-14-5-6-17(3)11-10(13)8-15-12(16-11)18-4/h8-9,14H,5-7H2,1-4H3. The first-order valence-electron chi connectivity index (χ1n) is 6.03. The number of methoxy groups -OCH3 is 1. The molecule has 6 heteroatoms. The summed E-state index contributed by atoms with van der Waals surface area (Å²) in [5, 5.41) is 3.90. The van der Waals surface area contributed by atoms with E-state index in [9.17, 15) is 0 Å². The molecule has 0 bridgehead atoms. The van der Waals surface area contributed by atoms with E-state index in [0.717, 1.165) is 19.6 Å². The zero-order valence-electron chi connectivity index (χ0n) is 11.4. The highest BCUT2D eigenvalue weighted by Crippen LogP contribution is 2.22. The molecular formula is C12H21ClN4O. The fourth-order valence-corrected chi connectivity index (χ4v) is 1.69. The van der Waals surface area contributed by atoms with Crippen molar-refractivity contribution in [2.75, 3.05) is 38.7 Å². The molecule has 1 heterocycles. The van der Waals surface area contributed by atoms with Crippen molar-refractivity contribution in [1.82, 2.24) is 15.3 Å². The molecule has 0 amide bonds. The first-order valence-corrected chi connectivity index (χ1v) is 6.40. The molecule has 1 rings (SSSR count). The Kier molecular flexibility index (Phi) is 6.15. The third-order valence-corrected chi connectivity index (χ3v) is 2.69. The van der Waals surface area contributed by atoms with Gasteiger partial charge in [0.15, 0.2) is 5.82 Å². The third-order valence-electron chi connectivity index (χ3n) is 2.42. The van der Waals surface area contributed by atoms with E-state index in [0.29, 0.717) is 22.8 Å². The molecule has 0 saturated carbocycles. The van der Waals surface area contributed by atoms with Crippen LogP contribution in [0.3, 0.4) is 0 Å². The van der Waals surface area contributed by atoms with Crippen LogP contribution in [0.5, 0.6) is 6.01 Å². The van der Waals surface area contributed by atoms with E-state index in [1.165, 1.54) is 7.11 Å². The van der Waals surface area contributed by atoms with Gasteiger partial charge >= 0.3 is 6.01 Å². The molecule has 0 aliphatic rings. The van der Waals surface area contributed by atoms with Gasteiger partial charge in [-0.2, -0.15) is 4.98 Å². The molecule has 0 fully saturated rings. The van der Waals surface area contributed by atoms with Crippen LogP contribution >= 0.6 is 11.6 Å². The van der Waals surface area contributed by atoms with Gasteiger partial charge in [0.05, 0.1) is 13.3 Å². The van der Waals surface area contributed by atoms with Crippen molar-refractivity contribution in [3.05, 3.63) is 11.2 Å². The number of aromatic nitrogens is 2. The molecule has 0 atom stereocenters. The number of hydrogen-bond acceptors (Lipinski definition) is 5. The third kappa shape index (κ3) is 4.66. The molecular weight excluding hydrogens is 252 g/mol. The Bertz CT molecular complexity index is 373. The summed E-state index contributed by atoms with van der Waals surface area (Å²) >= 11 is 6.07. The summed E-state index contributed by atoms with van der Waals surface area (Å²) in [4.78, 5) is 10.2. The van der Waals surface area contributed by atoms with Gasteiger partial charge in [-0.05, 0) is 12.5 Å². The van der Waals surface area contributed by atoms with Crippen LogP contribution < -0.4 is 15.0 Å². The fourth-order valence-electron chi connectivity index (χ4n) is 1.45. The Morgan fingerprint density at radius 2 is 2.22 bits per heavy atom. The number of anilines is 1. The molecule has 1 aromatic heterocycles. The second-order valence-corrected chi connectivity index (χ2v) is 4.95. The van der Waals surface area contributed by atoms with E-state index in [4.69, 9.17) is 16.3 Å². The Hall–Kier alpha value is -1.07. The van der Waals surface area contributed by atoms with Crippen LogP contribution in [0, 0.1) is 5.92 Å².